The number of carbonyl (C=O) groups is 2. The first-order valence-corrected chi connectivity index (χ1v) is 8.44. The van der Waals surface area contributed by atoms with Crippen LogP contribution in [0.5, 0.6) is 5.75 Å². The van der Waals surface area contributed by atoms with Gasteiger partial charge in [-0.05, 0) is 32.0 Å². The van der Waals surface area contributed by atoms with E-state index in [0.717, 1.165) is 0 Å². The maximum atomic E-state index is 12.5. The van der Waals surface area contributed by atoms with Gasteiger partial charge in [-0.2, -0.15) is 0 Å². The van der Waals surface area contributed by atoms with Gasteiger partial charge in [0.1, 0.15) is 5.75 Å². The number of urea groups is 1. The topological polar surface area (TPSA) is 79.5 Å². The molecule has 0 aromatic heterocycles. The molecule has 0 aliphatic heterocycles. The first-order chi connectivity index (χ1) is 13.2. The van der Waals surface area contributed by atoms with Crippen molar-refractivity contribution in [3.8, 4) is 5.75 Å². The van der Waals surface area contributed by atoms with Gasteiger partial charge in [-0.25, -0.2) is 4.79 Å². The highest BCUT2D eigenvalue weighted by Gasteiger charge is 2.32. The van der Waals surface area contributed by atoms with Crippen LogP contribution >= 0.6 is 0 Å². The van der Waals surface area contributed by atoms with Crippen LogP contribution in [0.15, 0.2) is 48.5 Å². The summed E-state index contributed by atoms with van der Waals surface area (Å²) in [6.45, 7) is 3.40. The Bertz CT molecular complexity index is 838. The summed E-state index contributed by atoms with van der Waals surface area (Å²) >= 11 is 0. The fourth-order valence-corrected chi connectivity index (χ4v) is 2.36. The number of nitrogens with one attached hydrogen (secondary N) is 3. The second-order valence-corrected chi connectivity index (χ2v) is 6.14. The summed E-state index contributed by atoms with van der Waals surface area (Å²) in [5.41, 5.74) is 0.616. The molecule has 150 valence electrons. The Labute approximate surface area is 160 Å². The minimum Gasteiger partial charge on any atom is -0.405 e. The molecule has 0 saturated carbocycles. The van der Waals surface area contributed by atoms with Crippen LogP contribution in [-0.4, -0.2) is 24.3 Å². The Kier molecular flexibility index (Phi) is 6.86. The van der Waals surface area contributed by atoms with Gasteiger partial charge >= 0.3 is 12.4 Å². The van der Waals surface area contributed by atoms with Gasteiger partial charge < -0.3 is 20.7 Å². The van der Waals surface area contributed by atoms with Crippen LogP contribution in [-0.2, 0) is 6.54 Å². The van der Waals surface area contributed by atoms with Crippen molar-refractivity contribution in [2.75, 3.05) is 5.32 Å². The van der Waals surface area contributed by atoms with Crippen LogP contribution in [0.3, 0.4) is 0 Å². The normalized spacial score (nSPS) is 11.1. The van der Waals surface area contributed by atoms with Crippen LogP contribution < -0.4 is 20.7 Å². The molecule has 9 heteroatoms. The molecule has 0 aliphatic carbocycles. The Balaban J connectivity index is 2.10. The Morgan fingerprint density at radius 1 is 1.04 bits per heavy atom. The summed E-state index contributed by atoms with van der Waals surface area (Å²) in [7, 11) is 0. The first-order valence-electron chi connectivity index (χ1n) is 8.44. The smallest absolute Gasteiger partial charge is 0.405 e. The Morgan fingerprint density at radius 3 is 2.36 bits per heavy atom. The highest BCUT2D eigenvalue weighted by atomic mass is 19.4. The first kappa shape index (κ1) is 21.1. The number of halogens is 3. The van der Waals surface area contributed by atoms with Gasteiger partial charge in [-0.15, -0.1) is 13.2 Å². The molecule has 0 fully saturated rings. The Morgan fingerprint density at radius 2 is 1.68 bits per heavy atom. The quantitative estimate of drug-likeness (QED) is 0.691. The lowest BCUT2D eigenvalue weighted by atomic mass is 10.1. The van der Waals surface area contributed by atoms with E-state index >= 15 is 0 Å². The molecule has 0 bridgehead atoms. The lowest BCUT2D eigenvalue weighted by Crippen LogP contribution is -2.35. The third kappa shape index (κ3) is 6.49. The molecule has 0 saturated heterocycles. The summed E-state index contributed by atoms with van der Waals surface area (Å²) in [4.78, 5) is 24.4. The number of alkyl halides is 3. The zero-order chi connectivity index (χ0) is 20.7. The molecule has 0 unspecified atom stereocenters. The third-order valence-electron chi connectivity index (χ3n) is 3.48. The second-order valence-electron chi connectivity index (χ2n) is 6.14. The van der Waals surface area contributed by atoms with E-state index in [4.69, 9.17) is 0 Å². The number of amides is 3. The number of ether oxygens (including phenoxy) is 1. The van der Waals surface area contributed by atoms with Gasteiger partial charge in [0.25, 0.3) is 5.91 Å². The molecule has 3 amide bonds. The minimum atomic E-state index is -4.83. The van der Waals surface area contributed by atoms with Gasteiger partial charge in [-0.3, -0.25) is 4.79 Å². The van der Waals surface area contributed by atoms with Crippen LogP contribution in [0.4, 0.5) is 23.7 Å². The van der Waals surface area contributed by atoms with Gasteiger partial charge in [0, 0.05) is 18.2 Å². The number of rotatable bonds is 6. The molecular weight excluding hydrogens is 375 g/mol. The predicted octanol–water partition coefficient (Wildman–Crippen LogP) is 4.05. The molecule has 2 aromatic carbocycles. The monoisotopic (exact) mass is 395 g/mol. The van der Waals surface area contributed by atoms with E-state index in [1.54, 1.807) is 32.0 Å². The average molecular weight is 395 g/mol. The highest BCUT2D eigenvalue weighted by molar-refractivity contribution is 6.03. The minimum absolute atomic E-state index is 0.0916. The Hall–Kier alpha value is -3.23. The van der Waals surface area contributed by atoms with E-state index < -0.39 is 24.1 Å². The molecule has 0 aliphatic rings. The van der Waals surface area contributed by atoms with Crippen molar-refractivity contribution in [2.45, 2.75) is 32.8 Å². The molecule has 2 aromatic rings. The van der Waals surface area contributed by atoms with E-state index in [1.165, 1.54) is 30.3 Å². The number of benzene rings is 2. The van der Waals surface area contributed by atoms with Crippen LogP contribution in [0.25, 0.3) is 0 Å². The largest absolute Gasteiger partial charge is 0.573 e. The van der Waals surface area contributed by atoms with Gasteiger partial charge in [-0.1, -0.05) is 30.3 Å². The maximum Gasteiger partial charge on any atom is 0.573 e. The average Bonchev–Trinajstić information content (AvgIpc) is 2.59. The number of anilines is 1. The molecule has 0 spiro atoms. The summed E-state index contributed by atoms with van der Waals surface area (Å²) in [6, 6.07) is 11.3. The van der Waals surface area contributed by atoms with Crippen molar-refractivity contribution < 1.29 is 27.5 Å². The van der Waals surface area contributed by atoms with Crippen molar-refractivity contribution >= 4 is 17.6 Å². The molecule has 6 nitrogen and oxygen atoms in total. The van der Waals surface area contributed by atoms with Crippen molar-refractivity contribution in [3.05, 3.63) is 59.7 Å². The fourth-order valence-electron chi connectivity index (χ4n) is 2.36. The predicted molar refractivity (Wildman–Crippen MR) is 98.0 cm³/mol. The number of para-hydroxylation sites is 2. The maximum absolute atomic E-state index is 12.5. The van der Waals surface area contributed by atoms with Crippen LogP contribution in [0.1, 0.15) is 29.8 Å². The highest BCUT2D eigenvalue weighted by Crippen LogP contribution is 2.26. The number of hydrogen-bond donors (Lipinski definition) is 3. The van der Waals surface area contributed by atoms with E-state index in [1.807, 2.05) is 0 Å². The van der Waals surface area contributed by atoms with E-state index in [9.17, 15) is 22.8 Å². The summed E-state index contributed by atoms with van der Waals surface area (Å²) in [5.74, 6) is -0.944. The SMILES string of the molecule is CC(C)NC(=O)Nc1ccccc1C(=O)NCc1ccccc1OC(F)(F)F. The van der Waals surface area contributed by atoms with Gasteiger partial charge in [0.15, 0.2) is 0 Å². The molecule has 0 radical (unpaired) electrons. The lowest BCUT2D eigenvalue weighted by Gasteiger charge is -2.15. The van der Waals surface area contributed by atoms with Crippen molar-refractivity contribution in [3.63, 3.8) is 0 Å². The lowest BCUT2D eigenvalue weighted by molar-refractivity contribution is -0.274. The molecule has 28 heavy (non-hydrogen) atoms. The van der Waals surface area contributed by atoms with E-state index in [0.29, 0.717) is 0 Å². The van der Waals surface area contributed by atoms with Crippen LogP contribution in [0, 0.1) is 0 Å². The molecule has 0 heterocycles. The molecule has 3 N–H and O–H groups in total. The van der Waals surface area contributed by atoms with Gasteiger partial charge in [0.2, 0.25) is 0 Å². The van der Waals surface area contributed by atoms with Crippen molar-refractivity contribution in [1.82, 2.24) is 10.6 Å². The molecule has 0 atom stereocenters. The molecular formula is C19H20F3N3O3. The summed E-state index contributed by atoms with van der Waals surface area (Å²) in [5, 5.41) is 7.76. The number of carbonyl (C=O) groups excluding carboxylic acids is 2. The van der Waals surface area contributed by atoms with Crippen molar-refractivity contribution in [1.29, 1.82) is 0 Å². The van der Waals surface area contributed by atoms with E-state index in [-0.39, 0.29) is 29.4 Å². The fraction of sp³-hybridized carbons (Fsp3) is 0.263. The zero-order valence-electron chi connectivity index (χ0n) is 15.3. The second kappa shape index (κ2) is 9.12. The van der Waals surface area contributed by atoms with Gasteiger partial charge in [0.05, 0.1) is 11.3 Å². The van der Waals surface area contributed by atoms with Crippen molar-refractivity contribution in [2.24, 2.45) is 0 Å². The standard InChI is InChI=1S/C19H20F3N3O3/c1-12(2)24-18(27)25-15-9-5-4-8-14(15)17(26)23-11-13-7-3-6-10-16(13)28-19(20,21)22/h3-10,12H,11H2,1-2H3,(H,23,26)(H2,24,25,27). The summed E-state index contributed by atoms with van der Waals surface area (Å²) < 4.78 is 41.5. The molecule has 2 rings (SSSR count). The van der Waals surface area contributed by atoms with E-state index in [2.05, 4.69) is 20.7 Å². The van der Waals surface area contributed by atoms with Crippen LogP contribution in [0.2, 0.25) is 0 Å². The third-order valence-corrected chi connectivity index (χ3v) is 3.48. The summed E-state index contributed by atoms with van der Waals surface area (Å²) in [6.07, 6.45) is -4.83. The number of hydrogen-bond acceptors (Lipinski definition) is 3. The zero-order valence-corrected chi connectivity index (χ0v) is 15.3.